The lowest BCUT2D eigenvalue weighted by atomic mass is 9.88. The van der Waals surface area contributed by atoms with Crippen molar-refractivity contribution >= 4 is 23.0 Å². The second kappa shape index (κ2) is 8.47. The summed E-state index contributed by atoms with van der Waals surface area (Å²) < 4.78 is 32.8. The number of thiazole rings is 1. The van der Waals surface area contributed by atoms with Crippen LogP contribution in [0.15, 0.2) is 40.1 Å². The van der Waals surface area contributed by atoms with E-state index in [0.29, 0.717) is 37.4 Å². The molecular weight excluding hydrogens is 410 g/mol. The summed E-state index contributed by atoms with van der Waals surface area (Å²) >= 11 is 1.42. The van der Waals surface area contributed by atoms with Gasteiger partial charge in [0, 0.05) is 24.4 Å². The van der Waals surface area contributed by atoms with Crippen molar-refractivity contribution in [1.29, 1.82) is 0 Å². The van der Waals surface area contributed by atoms with Gasteiger partial charge in [-0.05, 0) is 50.1 Å². The molecule has 0 unspecified atom stereocenters. The zero-order valence-electron chi connectivity index (χ0n) is 16.4. The van der Waals surface area contributed by atoms with E-state index in [-0.39, 0.29) is 17.9 Å². The fourth-order valence-electron chi connectivity index (χ4n) is 3.61. The van der Waals surface area contributed by atoms with Gasteiger partial charge >= 0.3 is 0 Å². The zero-order valence-corrected chi connectivity index (χ0v) is 17.2. The number of carbonyl (C=O) groups is 2. The van der Waals surface area contributed by atoms with E-state index in [1.807, 2.05) is 24.4 Å². The molecule has 0 aliphatic carbocycles. The molecule has 4 rings (SSSR count). The molecule has 30 heavy (non-hydrogen) atoms. The summed E-state index contributed by atoms with van der Waals surface area (Å²) in [5, 5.41) is 2.57. The van der Waals surface area contributed by atoms with Gasteiger partial charge in [0.15, 0.2) is 16.6 Å². The number of hydrogen-bond acceptors (Lipinski definition) is 5. The van der Waals surface area contributed by atoms with Crippen molar-refractivity contribution in [2.45, 2.75) is 26.2 Å². The maximum absolute atomic E-state index is 13.9. The predicted octanol–water partition coefficient (Wildman–Crippen LogP) is 4.65. The Bertz CT molecular complexity index is 1080. The van der Waals surface area contributed by atoms with Crippen LogP contribution in [0.5, 0.6) is 0 Å². The van der Waals surface area contributed by atoms with Gasteiger partial charge in [-0.3, -0.25) is 9.59 Å². The minimum atomic E-state index is -0.717. The second-order valence-electron chi connectivity index (χ2n) is 7.37. The lowest BCUT2D eigenvalue weighted by molar-refractivity contribution is -0.131. The summed E-state index contributed by atoms with van der Waals surface area (Å²) in [5.74, 6) is -0.764. The first-order valence-corrected chi connectivity index (χ1v) is 10.6. The zero-order chi connectivity index (χ0) is 21.3. The summed E-state index contributed by atoms with van der Waals surface area (Å²) in [4.78, 5) is 31.4. The summed E-state index contributed by atoms with van der Waals surface area (Å²) in [6.07, 6.45) is 1.02. The van der Waals surface area contributed by atoms with Crippen LogP contribution in [0.25, 0.3) is 10.8 Å². The maximum Gasteiger partial charge on any atom is 0.228 e. The second-order valence-corrected chi connectivity index (χ2v) is 8.23. The summed E-state index contributed by atoms with van der Waals surface area (Å²) in [6.45, 7) is 2.67. The number of aryl methyl sites for hydroxylation is 1. The number of halogens is 2. The molecule has 0 bridgehead atoms. The first kappa shape index (κ1) is 20.4. The smallest absolute Gasteiger partial charge is 0.228 e. The first-order chi connectivity index (χ1) is 14.4. The fraction of sp³-hybridized carbons (Fsp3) is 0.318. The molecule has 8 heteroatoms. The van der Waals surface area contributed by atoms with E-state index >= 15 is 0 Å². The highest BCUT2D eigenvalue weighted by molar-refractivity contribution is 7.13. The Morgan fingerprint density at radius 1 is 1.20 bits per heavy atom. The van der Waals surface area contributed by atoms with Crippen molar-refractivity contribution in [1.82, 2.24) is 9.88 Å². The SMILES string of the molecule is Cc1ccc(-c2nc(CC(=O)N3CCC(C(=O)c4cc(F)ccc4F)CC3)cs2)o1. The van der Waals surface area contributed by atoms with Crippen molar-refractivity contribution in [3.05, 3.63) is 64.4 Å². The van der Waals surface area contributed by atoms with E-state index in [1.165, 1.54) is 11.3 Å². The highest BCUT2D eigenvalue weighted by Gasteiger charge is 2.29. The molecule has 0 atom stereocenters. The van der Waals surface area contributed by atoms with E-state index in [9.17, 15) is 18.4 Å². The molecule has 0 spiro atoms. The topological polar surface area (TPSA) is 63.4 Å². The van der Waals surface area contributed by atoms with Crippen LogP contribution in [0, 0.1) is 24.5 Å². The number of Topliss-reactive ketones (excluding diaryl/α,β-unsaturated/α-hetero) is 1. The molecule has 2 aromatic heterocycles. The molecule has 3 heterocycles. The molecule has 1 fully saturated rings. The Kier molecular flexibility index (Phi) is 5.76. The van der Waals surface area contributed by atoms with Crippen molar-refractivity contribution in [2.24, 2.45) is 5.92 Å². The van der Waals surface area contributed by atoms with Gasteiger partial charge in [-0.15, -0.1) is 11.3 Å². The minimum Gasteiger partial charge on any atom is -0.459 e. The lowest BCUT2D eigenvalue weighted by Crippen LogP contribution is -2.41. The highest BCUT2D eigenvalue weighted by Crippen LogP contribution is 2.27. The van der Waals surface area contributed by atoms with Crippen LogP contribution in [0.3, 0.4) is 0 Å². The Hall–Kier alpha value is -2.87. The number of benzene rings is 1. The standard InChI is InChI=1S/C22H20F2N2O3S/c1-13-2-5-19(29-13)22-25-16(12-30-22)11-20(27)26-8-6-14(7-9-26)21(28)17-10-15(23)3-4-18(17)24/h2-5,10,12,14H,6-9,11H2,1H3. The van der Waals surface area contributed by atoms with Crippen LogP contribution in [0.4, 0.5) is 8.78 Å². The average Bonchev–Trinajstić information content (AvgIpc) is 3.38. The Morgan fingerprint density at radius 3 is 2.67 bits per heavy atom. The predicted molar refractivity (Wildman–Crippen MR) is 108 cm³/mol. The van der Waals surface area contributed by atoms with Gasteiger partial charge in [0.25, 0.3) is 0 Å². The number of aromatic nitrogens is 1. The van der Waals surface area contributed by atoms with Gasteiger partial charge < -0.3 is 9.32 Å². The number of piperidine rings is 1. The quantitative estimate of drug-likeness (QED) is 0.553. The number of nitrogens with zero attached hydrogens (tertiary/aromatic N) is 2. The van der Waals surface area contributed by atoms with Crippen LogP contribution in [0.1, 0.15) is 34.7 Å². The third kappa shape index (κ3) is 4.33. The first-order valence-electron chi connectivity index (χ1n) is 9.69. The molecule has 1 aliphatic rings. The Labute approximate surface area is 176 Å². The number of hydrogen-bond donors (Lipinski definition) is 0. The molecule has 1 saturated heterocycles. The largest absolute Gasteiger partial charge is 0.459 e. The van der Waals surface area contributed by atoms with Crippen molar-refractivity contribution in [2.75, 3.05) is 13.1 Å². The van der Waals surface area contributed by atoms with Crippen LogP contribution in [0.2, 0.25) is 0 Å². The van der Waals surface area contributed by atoms with Gasteiger partial charge in [0.1, 0.15) is 17.4 Å². The normalized spacial score (nSPS) is 14.8. The summed E-state index contributed by atoms with van der Waals surface area (Å²) in [5.41, 5.74) is 0.456. The number of ketones is 1. The number of amides is 1. The lowest BCUT2D eigenvalue weighted by Gasteiger charge is -2.31. The Balaban J connectivity index is 1.34. The van der Waals surface area contributed by atoms with Gasteiger partial charge in [-0.1, -0.05) is 0 Å². The average molecular weight is 430 g/mol. The van der Waals surface area contributed by atoms with Gasteiger partial charge in [-0.2, -0.15) is 0 Å². The third-order valence-corrected chi connectivity index (χ3v) is 6.15. The molecule has 5 nitrogen and oxygen atoms in total. The number of furan rings is 1. The van der Waals surface area contributed by atoms with Gasteiger partial charge in [0.05, 0.1) is 17.7 Å². The van der Waals surface area contributed by atoms with E-state index in [1.54, 1.807) is 4.90 Å². The molecule has 156 valence electrons. The van der Waals surface area contributed by atoms with E-state index in [4.69, 9.17) is 4.42 Å². The minimum absolute atomic E-state index is 0.0645. The fourth-order valence-corrected chi connectivity index (χ4v) is 4.39. The maximum atomic E-state index is 13.9. The third-order valence-electron chi connectivity index (χ3n) is 5.25. The molecular formula is C22H20F2N2O3S. The molecule has 0 N–H and O–H groups in total. The van der Waals surface area contributed by atoms with E-state index < -0.39 is 23.3 Å². The number of rotatable bonds is 5. The molecule has 1 aromatic carbocycles. The Morgan fingerprint density at radius 2 is 1.97 bits per heavy atom. The number of carbonyl (C=O) groups excluding carboxylic acids is 2. The van der Waals surface area contributed by atoms with Gasteiger partial charge in [-0.25, -0.2) is 13.8 Å². The van der Waals surface area contributed by atoms with Crippen LogP contribution in [-0.2, 0) is 11.2 Å². The van der Waals surface area contributed by atoms with Crippen molar-refractivity contribution in [3.8, 4) is 10.8 Å². The molecule has 1 aliphatic heterocycles. The van der Waals surface area contributed by atoms with Crippen molar-refractivity contribution < 1.29 is 22.8 Å². The van der Waals surface area contributed by atoms with Crippen molar-refractivity contribution in [3.63, 3.8) is 0 Å². The molecule has 1 amide bonds. The summed E-state index contributed by atoms with van der Waals surface area (Å²) in [6, 6.07) is 6.61. The number of likely N-dealkylation sites (tertiary alicyclic amines) is 1. The van der Waals surface area contributed by atoms with E-state index in [2.05, 4.69) is 4.98 Å². The van der Waals surface area contributed by atoms with Gasteiger partial charge in [0.2, 0.25) is 5.91 Å². The molecule has 3 aromatic rings. The van der Waals surface area contributed by atoms with E-state index in [0.717, 1.165) is 29.0 Å². The molecule has 0 radical (unpaired) electrons. The molecule has 0 saturated carbocycles. The monoisotopic (exact) mass is 430 g/mol. The summed E-state index contributed by atoms with van der Waals surface area (Å²) in [7, 11) is 0. The van der Waals surface area contributed by atoms with Crippen LogP contribution < -0.4 is 0 Å². The van der Waals surface area contributed by atoms with Crippen LogP contribution in [-0.4, -0.2) is 34.7 Å². The highest BCUT2D eigenvalue weighted by atomic mass is 32.1. The van der Waals surface area contributed by atoms with Crippen LogP contribution >= 0.6 is 11.3 Å².